The lowest BCUT2D eigenvalue weighted by atomic mass is 10.4. The van der Waals surface area contributed by atoms with Crippen LogP contribution in [0.25, 0.3) is 0 Å². The smallest absolute Gasteiger partial charge is 0.210 e. The molecule has 0 atom stereocenters. The van der Waals surface area contributed by atoms with E-state index < -0.39 is 0 Å². The first-order chi connectivity index (χ1) is 4.83. The van der Waals surface area contributed by atoms with Crippen molar-refractivity contribution in [3.05, 3.63) is 24.5 Å². The number of pyridine rings is 1. The van der Waals surface area contributed by atoms with Gasteiger partial charge in [0.25, 0.3) is 0 Å². The summed E-state index contributed by atoms with van der Waals surface area (Å²) in [4.78, 5) is 0. The van der Waals surface area contributed by atoms with E-state index in [0.717, 1.165) is 11.9 Å². The topological polar surface area (TPSA) is 24.1 Å². The summed E-state index contributed by atoms with van der Waals surface area (Å²) in [5.74, 6) is 0.309. The number of halogens is 1. The first-order valence-electron chi connectivity index (χ1n) is 3.07. The van der Waals surface area contributed by atoms with Crippen LogP contribution in [0, 0.1) is 0 Å². The molecular weight excluding hydrogens is 194 g/mol. The van der Waals surface area contributed by atoms with Gasteiger partial charge in [-0.3, -0.25) is 0 Å². The summed E-state index contributed by atoms with van der Waals surface area (Å²) in [7, 11) is 0. The molecule has 0 spiro atoms. The van der Waals surface area contributed by atoms with Crippen LogP contribution < -0.4 is 4.57 Å². The van der Waals surface area contributed by atoms with Crippen molar-refractivity contribution < 1.29 is 9.67 Å². The third-order valence-electron chi connectivity index (χ3n) is 1.19. The molecule has 0 aliphatic carbocycles. The Morgan fingerprint density at radius 3 is 3.00 bits per heavy atom. The fourth-order valence-electron chi connectivity index (χ4n) is 0.745. The number of aromatic hydroxyl groups is 1. The molecule has 1 heterocycles. The summed E-state index contributed by atoms with van der Waals surface area (Å²) < 4.78 is 1.92. The van der Waals surface area contributed by atoms with E-state index in [1.807, 2.05) is 16.8 Å². The van der Waals surface area contributed by atoms with Crippen LogP contribution in [0.3, 0.4) is 0 Å². The van der Waals surface area contributed by atoms with E-state index in [4.69, 9.17) is 5.11 Å². The number of hydrogen-bond acceptors (Lipinski definition) is 1. The molecule has 0 unspecified atom stereocenters. The molecule has 1 aromatic heterocycles. The van der Waals surface area contributed by atoms with Crippen molar-refractivity contribution in [3.8, 4) is 5.75 Å². The Morgan fingerprint density at radius 1 is 1.60 bits per heavy atom. The highest BCUT2D eigenvalue weighted by molar-refractivity contribution is 9.09. The van der Waals surface area contributed by atoms with Gasteiger partial charge in [-0.25, -0.2) is 4.57 Å². The molecule has 0 aliphatic heterocycles. The average Bonchev–Trinajstić information content (AvgIpc) is 1.88. The Morgan fingerprint density at radius 2 is 2.40 bits per heavy atom. The zero-order valence-corrected chi connectivity index (χ0v) is 7.08. The predicted molar refractivity (Wildman–Crippen MR) is 42.1 cm³/mol. The molecule has 1 rings (SSSR count). The fraction of sp³-hybridized carbons (Fsp3) is 0.286. The summed E-state index contributed by atoms with van der Waals surface area (Å²) in [6.45, 7) is 0.883. The maximum Gasteiger partial charge on any atom is 0.210 e. The van der Waals surface area contributed by atoms with E-state index in [9.17, 15) is 0 Å². The van der Waals surface area contributed by atoms with Crippen molar-refractivity contribution in [3.63, 3.8) is 0 Å². The normalized spacial score (nSPS) is 9.70. The van der Waals surface area contributed by atoms with Gasteiger partial charge in [0.1, 0.15) is 0 Å². The van der Waals surface area contributed by atoms with Gasteiger partial charge in [-0.05, 0) is 6.07 Å². The van der Waals surface area contributed by atoms with Crippen LogP contribution in [-0.2, 0) is 6.54 Å². The third-order valence-corrected chi connectivity index (χ3v) is 1.54. The van der Waals surface area contributed by atoms with Crippen molar-refractivity contribution in [1.29, 1.82) is 0 Å². The van der Waals surface area contributed by atoms with Gasteiger partial charge in [0.15, 0.2) is 18.5 Å². The molecule has 3 heteroatoms. The monoisotopic (exact) mass is 202 g/mol. The lowest BCUT2D eigenvalue weighted by molar-refractivity contribution is -0.692. The zero-order valence-electron chi connectivity index (χ0n) is 5.50. The molecule has 0 radical (unpaired) electrons. The van der Waals surface area contributed by atoms with Crippen molar-refractivity contribution in [2.75, 3.05) is 5.33 Å². The lowest BCUT2D eigenvalue weighted by Crippen LogP contribution is -2.32. The maximum atomic E-state index is 9.00. The molecule has 0 saturated heterocycles. The highest BCUT2D eigenvalue weighted by Crippen LogP contribution is 1.99. The van der Waals surface area contributed by atoms with E-state index in [1.165, 1.54) is 0 Å². The van der Waals surface area contributed by atoms with Crippen LogP contribution in [0.15, 0.2) is 24.5 Å². The van der Waals surface area contributed by atoms with E-state index in [0.29, 0.717) is 5.75 Å². The maximum absolute atomic E-state index is 9.00. The molecule has 54 valence electrons. The first-order valence-corrected chi connectivity index (χ1v) is 4.19. The van der Waals surface area contributed by atoms with Gasteiger partial charge in [-0.15, -0.1) is 0 Å². The van der Waals surface area contributed by atoms with Crippen LogP contribution in [0.2, 0.25) is 0 Å². The number of alkyl halides is 1. The van der Waals surface area contributed by atoms with Gasteiger partial charge in [-0.1, -0.05) is 15.9 Å². The van der Waals surface area contributed by atoms with Gasteiger partial charge in [-0.2, -0.15) is 0 Å². The van der Waals surface area contributed by atoms with Crippen LogP contribution in [0.4, 0.5) is 0 Å². The van der Waals surface area contributed by atoms with Crippen LogP contribution >= 0.6 is 15.9 Å². The first kappa shape index (κ1) is 7.54. The second-order valence-corrected chi connectivity index (χ2v) is 2.78. The summed E-state index contributed by atoms with van der Waals surface area (Å²) >= 11 is 3.31. The quantitative estimate of drug-likeness (QED) is 0.564. The Balaban J connectivity index is 2.75. The Labute approximate surface area is 68.3 Å². The Bertz CT molecular complexity index is 215. The molecule has 0 fully saturated rings. The van der Waals surface area contributed by atoms with Crippen LogP contribution in [0.5, 0.6) is 5.75 Å². The molecule has 1 N–H and O–H groups in total. The number of aryl methyl sites for hydroxylation is 1. The third kappa shape index (κ3) is 1.99. The number of aromatic nitrogens is 1. The minimum absolute atomic E-state index is 0.309. The molecule has 0 bridgehead atoms. The summed E-state index contributed by atoms with van der Waals surface area (Å²) in [6.07, 6.45) is 3.61. The molecule has 1 aromatic rings. The summed E-state index contributed by atoms with van der Waals surface area (Å²) in [6, 6.07) is 3.47. The minimum atomic E-state index is 0.309. The SMILES string of the molecule is Oc1ccc[n+](CCBr)c1. The molecule has 0 aliphatic rings. The second-order valence-electron chi connectivity index (χ2n) is 1.99. The minimum Gasteiger partial charge on any atom is -0.503 e. The predicted octanol–water partition coefficient (Wildman–Crippen LogP) is 1.07. The largest absolute Gasteiger partial charge is 0.503 e. The van der Waals surface area contributed by atoms with Crippen molar-refractivity contribution in [1.82, 2.24) is 0 Å². The number of nitrogens with zero attached hydrogens (tertiary/aromatic N) is 1. The van der Waals surface area contributed by atoms with Gasteiger partial charge in [0.05, 0.1) is 5.33 Å². The number of hydrogen-bond donors (Lipinski definition) is 1. The summed E-state index contributed by atoms with van der Waals surface area (Å²) in [5, 5.41) is 9.91. The highest BCUT2D eigenvalue weighted by atomic mass is 79.9. The Kier molecular flexibility index (Phi) is 2.68. The molecular formula is C7H9BrNO+. The van der Waals surface area contributed by atoms with Gasteiger partial charge < -0.3 is 5.11 Å². The molecule has 0 saturated carbocycles. The molecule has 0 amide bonds. The van der Waals surface area contributed by atoms with E-state index in [1.54, 1.807) is 12.3 Å². The highest BCUT2D eigenvalue weighted by Gasteiger charge is 1.97. The molecule has 2 nitrogen and oxygen atoms in total. The summed E-state index contributed by atoms with van der Waals surface area (Å²) in [5.41, 5.74) is 0. The second kappa shape index (κ2) is 3.56. The van der Waals surface area contributed by atoms with Crippen molar-refractivity contribution >= 4 is 15.9 Å². The van der Waals surface area contributed by atoms with Gasteiger partial charge in [0.2, 0.25) is 6.20 Å². The van der Waals surface area contributed by atoms with Crippen LogP contribution in [0.1, 0.15) is 0 Å². The average molecular weight is 203 g/mol. The van der Waals surface area contributed by atoms with E-state index in [-0.39, 0.29) is 0 Å². The standard InChI is InChI=1S/C7H8BrNO/c8-3-5-9-4-1-2-7(10)6-9/h1-2,4,6H,3,5H2/p+1. The number of rotatable bonds is 2. The zero-order chi connectivity index (χ0) is 7.40. The van der Waals surface area contributed by atoms with E-state index >= 15 is 0 Å². The van der Waals surface area contributed by atoms with Gasteiger partial charge in [0, 0.05) is 6.07 Å². The molecule has 10 heavy (non-hydrogen) atoms. The van der Waals surface area contributed by atoms with Crippen molar-refractivity contribution in [2.24, 2.45) is 0 Å². The van der Waals surface area contributed by atoms with Gasteiger partial charge >= 0.3 is 0 Å². The van der Waals surface area contributed by atoms with Crippen molar-refractivity contribution in [2.45, 2.75) is 6.54 Å². The molecule has 0 aromatic carbocycles. The fourth-order valence-corrected chi connectivity index (χ4v) is 1.15. The van der Waals surface area contributed by atoms with Crippen LogP contribution in [-0.4, -0.2) is 10.4 Å². The lowest BCUT2D eigenvalue weighted by Gasteiger charge is -1.91. The van der Waals surface area contributed by atoms with E-state index in [2.05, 4.69) is 15.9 Å². The Hall–Kier alpha value is -0.570.